The first kappa shape index (κ1) is 13.9. The third kappa shape index (κ3) is 3.96. The molecule has 6 heteroatoms. The van der Waals surface area contributed by atoms with Crippen LogP contribution in [-0.2, 0) is 16.3 Å². The summed E-state index contributed by atoms with van der Waals surface area (Å²) in [5.41, 5.74) is 1.91. The van der Waals surface area contributed by atoms with Crippen molar-refractivity contribution in [1.82, 2.24) is 5.32 Å². The lowest BCUT2D eigenvalue weighted by atomic mass is 10.1. The largest absolute Gasteiger partial charge is 0.334 e. The molecular formula is C13H18N2O3S. The van der Waals surface area contributed by atoms with E-state index >= 15 is 0 Å². The van der Waals surface area contributed by atoms with Gasteiger partial charge in [0.25, 0.3) is 0 Å². The summed E-state index contributed by atoms with van der Waals surface area (Å²) in [6.45, 7) is 2.07. The topological polar surface area (TPSA) is 75.3 Å². The molecular weight excluding hydrogens is 264 g/mol. The standard InChI is InChI=1S/C13H18N2O3S/c1-2-10-3-5-11(6-4-10)14-13(16)15-12-7-8-19(17,18)9-12/h3-6,12H,2,7-9H2,1H3,(H2,14,15,16). The molecule has 1 aromatic rings. The highest BCUT2D eigenvalue weighted by atomic mass is 32.2. The Balaban J connectivity index is 1.87. The van der Waals surface area contributed by atoms with Crippen molar-refractivity contribution in [2.45, 2.75) is 25.8 Å². The molecule has 5 nitrogen and oxygen atoms in total. The summed E-state index contributed by atoms with van der Waals surface area (Å²) in [6, 6.07) is 6.95. The number of carbonyl (C=O) groups excluding carboxylic acids is 1. The van der Waals surface area contributed by atoms with E-state index in [0.29, 0.717) is 12.1 Å². The summed E-state index contributed by atoms with van der Waals surface area (Å²) < 4.78 is 22.6. The van der Waals surface area contributed by atoms with Crippen LogP contribution in [0.4, 0.5) is 10.5 Å². The van der Waals surface area contributed by atoms with Crippen LogP contribution in [0, 0.1) is 0 Å². The van der Waals surface area contributed by atoms with Gasteiger partial charge in [0.1, 0.15) is 0 Å². The lowest BCUT2D eigenvalue weighted by Gasteiger charge is -2.12. The van der Waals surface area contributed by atoms with Crippen molar-refractivity contribution in [3.63, 3.8) is 0 Å². The Bertz CT molecular complexity index is 552. The quantitative estimate of drug-likeness (QED) is 0.883. The van der Waals surface area contributed by atoms with E-state index in [2.05, 4.69) is 17.6 Å². The van der Waals surface area contributed by atoms with Gasteiger partial charge in [-0.05, 0) is 30.5 Å². The number of hydrogen-bond donors (Lipinski definition) is 2. The zero-order valence-electron chi connectivity index (χ0n) is 10.8. The van der Waals surface area contributed by atoms with E-state index in [0.717, 1.165) is 6.42 Å². The molecule has 2 N–H and O–H groups in total. The van der Waals surface area contributed by atoms with Crippen LogP contribution in [-0.4, -0.2) is 32.0 Å². The lowest BCUT2D eigenvalue weighted by molar-refractivity contribution is 0.249. The average Bonchev–Trinajstić information content (AvgIpc) is 2.69. The number of hydrogen-bond acceptors (Lipinski definition) is 3. The summed E-state index contributed by atoms with van der Waals surface area (Å²) in [5.74, 6) is 0.193. The monoisotopic (exact) mass is 282 g/mol. The fourth-order valence-corrected chi connectivity index (χ4v) is 3.76. The molecule has 1 saturated heterocycles. The molecule has 2 amide bonds. The highest BCUT2D eigenvalue weighted by Gasteiger charge is 2.28. The molecule has 1 atom stereocenters. The van der Waals surface area contributed by atoms with Gasteiger partial charge in [-0.1, -0.05) is 19.1 Å². The van der Waals surface area contributed by atoms with Crippen LogP contribution in [0.15, 0.2) is 24.3 Å². The molecule has 0 radical (unpaired) electrons. The summed E-state index contributed by atoms with van der Waals surface area (Å²) in [6.07, 6.45) is 1.44. The fourth-order valence-electron chi connectivity index (χ4n) is 2.09. The maximum absolute atomic E-state index is 11.7. The fraction of sp³-hybridized carbons (Fsp3) is 0.462. The van der Waals surface area contributed by atoms with Gasteiger partial charge in [-0.25, -0.2) is 13.2 Å². The highest BCUT2D eigenvalue weighted by Crippen LogP contribution is 2.13. The normalized spacial score (nSPS) is 21.0. The van der Waals surface area contributed by atoms with Crippen molar-refractivity contribution in [3.05, 3.63) is 29.8 Å². The zero-order chi connectivity index (χ0) is 13.9. The van der Waals surface area contributed by atoms with Gasteiger partial charge in [-0.2, -0.15) is 0 Å². The number of carbonyl (C=O) groups is 1. The van der Waals surface area contributed by atoms with Crippen molar-refractivity contribution in [2.24, 2.45) is 0 Å². The molecule has 2 rings (SSSR count). The second kappa shape index (κ2) is 5.61. The summed E-state index contributed by atoms with van der Waals surface area (Å²) in [7, 11) is -2.97. The molecule has 1 aliphatic heterocycles. The smallest absolute Gasteiger partial charge is 0.319 e. The van der Waals surface area contributed by atoms with Crippen molar-refractivity contribution in [2.75, 3.05) is 16.8 Å². The number of nitrogens with one attached hydrogen (secondary N) is 2. The number of benzene rings is 1. The third-order valence-electron chi connectivity index (χ3n) is 3.19. The minimum absolute atomic E-state index is 0.0369. The molecule has 0 aromatic heterocycles. The van der Waals surface area contributed by atoms with Crippen molar-refractivity contribution < 1.29 is 13.2 Å². The molecule has 1 unspecified atom stereocenters. The molecule has 0 spiro atoms. The van der Waals surface area contributed by atoms with Crippen molar-refractivity contribution in [3.8, 4) is 0 Å². The Morgan fingerprint density at radius 1 is 1.32 bits per heavy atom. The Labute approximate surface area is 113 Å². The van der Waals surface area contributed by atoms with Gasteiger partial charge < -0.3 is 10.6 Å². The van der Waals surface area contributed by atoms with E-state index in [4.69, 9.17) is 0 Å². The summed E-state index contributed by atoms with van der Waals surface area (Å²) >= 11 is 0. The number of aryl methyl sites for hydroxylation is 1. The minimum Gasteiger partial charge on any atom is -0.334 e. The second-order valence-electron chi connectivity index (χ2n) is 4.75. The number of amides is 2. The van der Waals surface area contributed by atoms with Crippen molar-refractivity contribution >= 4 is 21.6 Å². The van der Waals surface area contributed by atoms with Gasteiger partial charge in [0, 0.05) is 11.7 Å². The number of anilines is 1. The molecule has 19 heavy (non-hydrogen) atoms. The predicted molar refractivity (Wildman–Crippen MR) is 75.0 cm³/mol. The first-order chi connectivity index (χ1) is 8.98. The third-order valence-corrected chi connectivity index (χ3v) is 4.96. The minimum atomic E-state index is -2.97. The van der Waals surface area contributed by atoms with Crippen LogP contribution in [0.1, 0.15) is 18.9 Å². The second-order valence-corrected chi connectivity index (χ2v) is 6.98. The van der Waals surface area contributed by atoms with Gasteiger partial charge >= 0.3 is 6.03 Å². The molecule has 1 aromatic carbocycles. The first-order valence-corrected chi connectivity index (χ1v) is 8.17. The van der Waals surface area contributed by atoms with E-state index in [9.17, 15) is 13.2 Å². The number of urea groups is 1. The predicted octanol–water partition coefficient (Wildman–Crippen LogP) is 1.56. The number of rotatable bonds is 3. The van der Waals surface area contributed by atoms with E-state index in [1.54, 1.807) is 0 Å². The van der Waals surface area contributed by atoms with E-state index in [1.807, 2.05) is 24.3 Å². The van der Waals surface area contributed by atoms with Crippen LogP contribution < -0.4 is 10.6 Å². The molecule has 0 aliphatic carbocycles. The van der Waals surface area contributed by atoms with Gasteiger partial charge in [0.2, 0.25) is 0 Å². The first-order valence-electron chi connectivity index (χ1n) is 6.35. The van der Waals surface area contributed by atoms with Crippen LogP contribution >= 0.6 is 0 Å². The van der Waals surface area contributed by atoms with E-state index in [1.165, 1.54) is 5.56 Å². The highest BCUT2D eigenvalue weighted by molar-refractivity contribution is 7.91. The molecule has 0 bridgehead atoms. The van der Waals surface area contributed by atoms with E-state index in [-0.39, 0.29) is 23.6 Å². The Kier molecular flexibility index (Phi) is 4.09. The Hall–Kier alpha value is -1.56. The van der Waals surface area contributed by atoms with Crippen LogP contribution in [0.3, 0.4) is 0 Å². The molecule has 1 heterocycles. The van der Waals surface area contributed by atoms with Crippen LogP contribution in [0.25, 0.3) is 0 Å². The molecule has 104 valence electrons. The van der Waals surface area contributed by atoms with E-state index < -0.39 is 9.84 Å². The maximum Gasteiger partial charge on any atom is 0.319 e. The average molecular weight is 282 g/mol. The van der Waals surface area contributed by atoms with Crippen LogP contribution in [0.5, 0.6) is 0 Å². The summed E-state index contributed by atoms with van der Waals surface area (Å²) in [4.78, 5) is 11.7. The van der Waals surface area contributed by atoms with Crippen molar-refractivity contribution in [1.29, 1.82) is 0 Å². The maximum atomic E-state index is 11.7. The lowest BCUT2D eigenvalue weighted by Crippen LogP contribution is -2.38. The van der Waals surface area contributed by atoms with Gasteiger partial charge in [-0.15, -0.1) is 0 Å². The Morgan fingerprint density at radius 3 is 2.53 bits per heavy atom. The number of sulfone groups is 1. The SMILES string of the molecule is CCc1ccc(NC(=O)NC2CCS(=O)(=O)C2)cc1. The van der Waals surface area contributed by atoms with Gasteiger partial charge in [0.15, 0.2) is 9.84 Å². The Morgan fingerprint density at radius 2 is 2.00 bits per heavy atom. The zero-order valence-corrected chi connectivity index (χ0v) is 11.7. The van der Waals surface area contributed by atoms with Crippen LogP contribution in [0.2, 0.25) is 0 Å². The molecule has 1 aliphatic rings. The molecule has 0 saturated carbocycles. The van der Waals surface area contributed by atoms with Gasteiger partial charge in [-0.3, -0.25) is 0 Å². The summed E-state index contributed by atoms with van der Waals surface area (Å²) in [5, 5.41) is 5.38. The van der Waals surface area contributed by atoms with Gasteiger partial charge in [0.05, 0.1) is 11.5 Å². The molecule has 1 fully saturated rings.